The molecule has 1 aliphatic rings. The number of β-amino-alcohol motifs (C(OH)–C–C–N with tert-alkyl or cyclic N) is 1. The van der Waals surface area contributed by atoms with E-state index < -0.39 is 15.4 Å². The van der Waals surface area contributed by atoms with Crippen molar-refractivity contribution in [3.05, 3.63) is 81.3 Å². The van der Waals surface area contributed by atoms with E-state index in [1.165, 1.54) is 6.26 Å². The number of benzene rings is 2. The zero-order valence-corrected chi connectivity index (χ0v) is 18.2. The highest BCUT2D eigenvalue weighted by Crippen LogP contribution is 2.38. The summed E-state index contributed by atoms with van der Waals surface area (Å²) >= 11 is 7.61. The van der Waals surface area contributed by atoms with E-state index in [1.54, 1.807) is 41.8 Å². The number of halogens is 1. The van der Waals surface area contributed by atoms with Crippen LogP contribution in [0.2, 0.25) is 5.02 Å². The van der Waals surface area contributed by atoms with Crippen molar-refractivity contribution in [3.8, 4) is 0 Å². The van der Waals surface area contributed by atoms with Crippen LogP contribution in [0.1, 0.15) is 22.2 Å². The van der Waals surface area contributed by atoms with Crippen molar-refractivity contribution in [2.45, 2.75) is 23.0 Å². The molecule has 0 amide bonds. The Bertz CT molecular complexity index is 1090. The lowest BCUT2D eigenvalue weighted by atomic mass is 9.85. The second-order valence-corrected chi connectivity index (χ2v) is 10.9. The van der Waals surface area contributed by atoms with Gasteiger partial charge in [0.25, 0.3) is 0 Å². The smallest absolute Gasteiger partial charge is 0.175 e. The average molecular weight is 449 g/mol. The fraction of sp³-hybridized carbons (Fsp3) is 0.286. The van der Waals surface area contributed by atoms with Gasteiger partial charge in [-0.3, -0.25) is 4.90 Å². The molecule has 1 atom stereocenters. The zero-order chi connectivity index (χ0) is 20.6. The van der Waals surface area contributed by atoms with Crippen LogP contribution in [0, 0.1) is 0 Å². The third-order valence-electron chi connectivity index (χ3n) is 5.12. The molecular weight excluding hydrogens is 428 g/mol. The summed E-state index contributed by atoms with van der Waals surface area (Å²) in [6, 6.07) is 14.5. The number of sulfone groups is 1. The summed E-state index contributed by atoms with van der Waals surface area (Å²) in [7, 11) is -3.35. The quantitative estimate of drug-likeness (QED) is 0.624. The van der Waals surface area contributed by atoms with Gasteiger partial charge >= 0.3 is 0 Å². The third kappa shape index (κ3) is 4.39. The number of hydrogen-bond acceptors (Lipinski definition) is 6. The van der Waals surface area contributed by atoms with Gasteiger partial charge in [0.1, 0.15) is 5.01 Å². The molecule has 5 nitrogen and oxygen atoms in total. The summed E-state index contributed by atoms with van der Waals surface area (Å²) in [4.78, 5) is 6.92. The van der Waals surface area contributed by atoms with Crippen LogP contribution in [0.25, 0.3) is 0 Å². The molecule has 0 saturated carbocycles. The summed E-state index contributed by atoms with van der Waals surface area (Å²) in [5, 5.41) is 14.6. The molecule has 29 heavy (non-hydrogen) atoms. The van der Waals surface area contributed by atoms with Crippen LogP contribution in [0.3, 0.4) is 0 Å². The van der Waals surface area contributed by atoms with E-state index in [0.717, 1.165) is 10.6 Å². The van der Waals surface area contributed by atoms with Gasteiger partial charge in [-0.1, -0.05) is 41.9 Å². The predicted octanol–water partition coefficient (Wildman–Crippen LogP) is 3.58. The molecule has 0 bridgehead atoms. The van der Waals surface area contributed by atoms with Crippen LogP contribution in [0.5, 0.6) is 0 Å². The van der Waals surface area contributed by atoms with Gasteiger partial charge in [0, 0.05) is 42.4 Å². The highest BCUT2D eigenvalue weighted by atomic mass is 35.5. The van der Waals surface area contributed by atoms with Gasteiger partial charge in [-0.25, -0.2) is 13.4 Å². The number of aromatic nitrogens is 1. The van der Waals surface area contributed by atoms with Crippen molar-refractivity contribution < 1.29 is 13.5 Å². The highest BCUT2D eigenvalue weighted by molar-refractivity contribution is 7.90. The number of hydrogen-bond donors (Lipinski definition) is 1. The summed E-state index contributed by atoms with van der Waals surface area (Å²) in [6.45, 7) is 0.857. The van der Waals surface area contributed by atoms with Crippen molar-refractivity contribution in [2.75, 3.05) is 19.3 Å². The molecule has 1 unspecified atom stereocenters. The van der Waals surface area contributed by atoms with Crippen molar-refractivity contribution in [1.82, 2.24) is 9.88 Å². The zero-order valence-electron chi connectivity index (χ0n) is 15.8. The highest BCUT2D eigenvalue weighted by Gasteiger charge is 2.46. The summed E-state index contributed by atoms with van der Waals surface area (Å²) in [6.07, 6.45) is 3.26. The first-order valence-corrected chi connectivity index (χ1v) is 12.3. The molecule has 1 N–H and O–H groups in total. The molecule has 1 aliphatic heterocycles. The maximum atomic E-state index is 12.1. The SMILES string of the molecule is CS(=O)(=O)c1ccccc1CC1(O)CN(C(c2ccc(Cl)cc2)c2nccs2)C1. The average Bonchev–Trinajstić information content (AvgIpc) is 3.16. The van der Waals surface area contributed by atoms with Crippen molar-refractivity contribution in [1.29, 1.82) is 0 Å². The Hall–Kier alpha value is -1.77. The lowest BCUT2D eigenvalue weighted by molar-refractivity contribution is -0.109. The predicted molar refractivity (Wildman–Crippen MR) is 115 cm³/mol. The van der Waals surface area contributed by atoms with Gasteiger partial charge in [0.05, 0.1) is 16.5 Å². The van der Waals surface area contributed by atoms with Crippen LogP contribution in [0.15, 0.2) is 65.0 Å². The molecule has 0 radical (unpaired) electrons. The first-order chi connectivity index (χ1) is 13.8. The summed E-state index contributed by atoms with van der Waals surface area (Å²) in [5.74, 6) is 0. The van der Waals surface area contributed by atoms with Gasteiger partial charge in [-0.05, 0) is 29.3 Å². The lowest BCUT2D eigenvalue weighted by Crippen LogP contribution is -2.63. The van der Waals surface area contributed by atoms with E-state index >= 15 is 0 Å². The first-order valence-electron chi connectivity index (χ1n) is 9.14. The molecule has 1 aromatic heterocycles. The Labute approximate surface area is 179 Å². The van der Waals surface area contributed by atoms with E-state index in [9.17, 15) is 13.5 Å². The van der Waals surface area contributed by atoms with Crippen LogP contribution in [-0.2, 0) is 16.3 Å². The van der Waals surface area contributed by atoms with Crippen LogP contribution < -0.4 is 0 Å². The third-order valence-corrected chi connectivity index (χ3v) is 7.40. The molecule has 4 rings (SSSR count). The maximum Gasteiger partial charge on any atom is 0.175 e. The van der Waals surface area contributed by atoms with Gasteiger partial charge in [0.15, 0.2) is 9.84 Å². The van der Waals surface area contributed by atoms with Gasteiger partial charge in [0.2, 0.25) is 0 Å². The second-order valence-electron chi connectivity index (χ2n) is 7.51. The van der Waals surface area contributed by atoms with Gasteiger partial charge in [-0.2, -0.15) is 0 Å². The number of likely N-dealkylation sites (tertiary alicyclic amines) is 1. The van der Waals surface area contributed by atoms with Crippen LogP contribution >= 0.6 is 22.9 Å². The minimum absolute atomic E-state index is 0.0716. The van der Waals surface area contributed by atoms with Gasteiger partial charge < -0.3 is 5.11 Å². The van der Waals surface area contributed by atoms with Crippen LogP contribution in [0.4, 0.5) is 0 Å². The standard InChI is InChI=1S/C21H21ClN2O3S2/c1-29(26,27)18-5-3-2-4-16(18)12-21(25)13-24(14-21)19(20-23-10-11-28-20)15-6-8-17(22)9-7-15/h2-11,19,25H,12-14H2,1H3. The number of nitrogens with zero attached hydrogens (tertiary/aromatic N) is 2. The Morgan fingerprint density at radius 2 is 1.90 bits per heavy atom. The molecular formula is C21H21ClN2O3S2. The fourth-order valence-corrected chi connectivity index (χ4v) is 5.76. The van der Waals surface area contributed by atoms with Crippen molar-refractivity contribution in [3.63, 3.8) is 0 Å². The van der Waals surface area contributed by atoms with E-state index in [0.29, 0.717) is 23.7 Å². The molecule has 152 valence electrons. The van der Waals surface area contributed by atoms with E-state index in [2.05, 4.69) is 9.88 Å². The molecule has 8 heteroatoms. The largest absolute Gasteiger partial charge is 0.387 e. The van der Waals surface area contributed by atoms with Crippen molar-refractivity contribution >= 4 is 32.8 Å². The molecule has 1 fully saturated rings. The Balaban J connectivity index is 1.56. The Kier molecular flexibility index (Phi) is 5.52. The number of rotatable bonds is 6. The second kappa shape index (κ2) is 7.81. The minimum atomic E-state index is -3.35. The monoisotopic (exact) mass is 448 g/mol. The van der Waals surface area contributed by atoms with E-state index in [4.69, 9.17) is 11.6 Å². The molecule has 2 heterocycles. The Morgan fingerprint density at radius 3 is 2.52 bits per heavy atom. The number of thiazole rings is 1. The summed E-state index contributed by atoms with van der Waals surface area (Å²) < 4.78 is 24.2. The molecule has 0 aliphatic carbocycles. The van der Waals surface area contributed by atoms with Crippen LogP contribution in [-0.4, -0.2) is 48.4 Å². The van der Waals surface area contributed by atoms with E-state index in [1.807, 2.05) is 29.6 Å². The lowest BCUT2D eigenvalue weighted by Gasteiger charge is -2.50. The normalized spacial score (nSPS) is 17.6. The maximum absolute atomic E-state index is 12.1. The van der Waals surface area contributed by atoms with Crippen molar-refractivity contribution in [2.24, 2.45) is 0 Å². The number of aliphatic hydroxyl groups is 1. The first kappa shape index (κ1) is 20.5. The van der Waals surface area contributed by atoms with Gasteiger partial charge in [-0.15, -0.1) is 11.3 Å². The topological polar surface area (TPSA) is 70.5 Å². The Morgan fingerprint density at radius 1 is 1.21 bits per heavy atom. The minimum Gasteiger partial charge on any atom is -0.387 e. The molecule has 3 aromatic rings. The fourth-order valence-electron chi connectivity index (χ4n) is 3.89. The molecule has 1 saturated heterocycles. The summed E-state index contributed by atoms with van der Waals surface area (Å²) in [5.41, 5.74) is 0.723. The molecule has 2 aromatic carbocycles. The van der Waals surface area contributed by atoms with E-state index in [-0.39, 0.29) is 17.4 Å². The molecule has 0 spiro atoms.